The van der Waals surface area contributed by atoms with Gasteiger partial charge >= 0.3 is 0 Å². The zero-order valence-corrected chi connectivity index (χ0v) is 10.5. The van der Waals surface area contributed by atoms with Gasteiger partial charge in [0.25, 0.3) is 5.69 Å². The monoisotopic (exact) mass is 267 g/mol. The number of anilines is 1. The Balaban J connectivity index is 2.37. The Bertz CT molecular complexity index is 437. The number of nitro groups is 1. The van der Waals surface area contributed by atoms with Gasteiger partial charge in [0.05, 0.1) is 4.92 Å². The summed E-state index contributed by atoms with van der Waals surface area (Å²) in [5.74, 6) is -0.153. The number of carbonyl (C=O) groups excluding carboxylic acids is 1. The highest BCUT2D eigenvalue weighted by atomic mass is 16.6. The molecule has 1 aromatic rings. The van der Waals surface area contributed by atoms with Crippen LogP contribution >= 0.6 is 0 Å². The molecule has 19 heavy (non-hydrogen) atoms. The molecule has 7 nitrogen and oxygen atoms in total. The lowest BCUT2D eigenvalue weighted by atomic mass is 10.2. The fourth-order valence-corrected chi connectivity index (χ4v) is 1.49. The smallest absolute Gasteiger partial charge is 0.292 e. The van der Waals surface area contributed by atoms with E-state index in [1.165, 1.54) is 6.07 Å². The third-order valence-electron chi connectivity index (χ3n) is 2.43. The summed E-state index contributed by atoms with van der Waals surface area (Å²) in [6.07, 6.45) is 0.737. The van der Waals surface area contributed by atoms with Gasteiger partial charge in [0.15, 0.2) is 0 Å². The van der Waals surface area contributed by atoms with Crippen LogP contribution in [-0.4, -0.2) is 35.6 Å². The SMILES string of the molecule is O=C(CCNc1ccccc1[N+](=O)[O-])NCCCO. The minimum Gasteiger partial charge on any atom is -0.396 e. The number of aliphatic hydroxyl groups is 1. The third kappa shape index (κ3) is 5.35. The molecule has 0 heterocycles. The minimum absolute atomic E-state index is 0.0109. The van der Waals surface area contributed by atoms with Gasteiger partial charge in [0.1, 0.15) is 5.69 Å². The number of nitro benzene ring substituents is 1. The topological polar surface area (TPSA) is 104 Å². The lowest BCUT2D eigenvalue weighted by Gasteiger charge is -2.07. The molecule has 0 radical (unpaired) electrons. The average Bonchev–Trinajstić information content (AvgIpc) is 2.39. The number of carbonyl (C=O) groups is 1. The van der Waals surface area contributed by atoms with Crippen molar-refractivity contribution in [1.29, 1.82) is 0 Å². The summed E-state index contributed by atoms with van der Waals surface area (Å²) in [7, 11) is 0. The van der Waals surface area contributed by atoms with E-state index in [4.69, 9.17) is 5.11 Å². The largest absolute Gasteiger partial charge is 0.396 e. The van der Waals surface area contributed by atoms with Gasteiger partial charge in [-0.1, -0.05) is 12.1 Å². The molecule has 0 saturated heterocycles. The number of benzene rings is 1. The summed E-state index contributed by atoms with van der Waals surface area (Å²) < 4.78 is 0. The van der Waals surface area contributed by atoms with E-state index in [2.05, 4.69) is 10.6 Å². The molecule has 0 aromatic heterocycles. The quantitative estimate of drug-likeness (QED) is 0.368. The number of amides is 1. The molecule has 7 heteroatoms. The maximum atomic E-state index is 11.4. The van der Waals surface area contributed by atoms with Crippen molar-refractivity contribution in [2.45, 2.75) is 12.8 Å². The van der Waals surface area contributed by atoms with Crippen LogP contribution in [-0.2, 0) is 4.79 Å². The van der Waals surface area contributed by atoms with Gasteiger partial charge in [0.2, 0.25) is 5.91 Å². The van der Waals surface area contributed by atoms with Crippen molar-refractivity contribution in [3.63, 3.8) is 0 Å². The predicted molar refractivity (Wildman–Crippen MR) is 70.9 cm³/mol. The van der Waals surface area contributed by atoms with Crippen molar-refractivity contribution in [1.82, 2.24) is 5.32 Å². The van der Waals surface area contributed by atoms with Crippen LogP contribution in [0.25, 0.3) is 0 Å². The molecular weight excluding hydrogens is 250 g/mol. The van der Waals surface area contributed by atoms with E-state index >= 15 is 0 Å². The standard InChI is InChI=1S/C12H17N3O4/c16-9-3-7-14-12(17)6-8-13-10-4-1-2-5-11(10)15(18)19/h1-2,4-5,13,16H,3,6-9H2,(H,14,17). The highest BCUT2D eigenvalue weighted by Gasteiger charge is 2.11. The maximum Gasteiger partial charge on any atom is 0.292 e. The second kappa shape index (κ2) is 8.04. The number of aliphatic hydroxyl groups excluding tert-OH is 1. The lowest BCUT2D eigenvalue weighted by Crippen LogP contribution is -2.26. The number of hydrogen-bond acceptors (Lipinski definition) is 5. The molecule has 1 amide bonds. The van der Waals surface area contributed by atoms with Crippen LogP contribution in [0, 0.1) is 10.1 Å². The Hall–Kier alpha value is -2.15. The first kappa shape index (κ1) is 14.9. The van der Waals surface area contributed by atoms with Crippen molar-refractivity contribution in [3.05, 3.63) is 34.4 Å². The van der Waals surface area contributed by atoms with Gasteiger partial charge < -0.3 is 15.7 Å². The molecule has 0 unspecified atom stereocenters. The van der Waals surface area contributed by atoms with Crippen LogP contribution in [0.15, 0.2) is 24.3 Å². The number of nitrogens with one attached hydrogen (secondary N) is 2. The van der Waals surface area contributed by atoms with E-state index in [0.717, 1.165) is 0 Å². The Morgan fingerprint density at radius 2 is 2.05 bits per heavy atom. The highest BCUT2D eigenvalue weighted by molar-refractivity contribution is 5.76. The first-order chi connectivity index (χ1) is 9.15. The number of para-hydroxylation sites is 2. The maximum absolute atomic E-state index is 11.4. The lowest BCUT2D eigenvalue weighted by molar-refractivity contribution is -0.384. The fourth-order valence-electron chi connectivity index (χ4n) is 1.49. The molecule has 0 spiro atoms. The van der Waals surface area contributed by atoms with Crippen molar-refractivity contribution < 1.29 is 14.8 Å². The van der Waals surface area contributed by atoms with Crippen molar-refractivity contribution in [2.24, 2.45) is 0 Å². The summed E-state index contributed by atoms with van der Waals surface area (Å²) in [5.41, 5.74) is 0.388. The third-order valence-corrected chi connectivity index (χ3v) is 2.43. The van der Waals surface area contributed by atoms with Crippen LogP contribution in [0.4, 0.5) is 11.4 Å². The second-order valence-corrected chi connectivity index (χ2v) is 3.88. The molecule has 0 aliphatic carbocycles. The highest BCUT2D eigenvalue weighted by Crippen LogP contribution is 2.22. The fraction of sp³-hybridized carbons (Fsp3) is 0.417. The summed E-state index contributed by atoms with van der Waals surface area (Å²) >= 11 is 0. The van der Waals surface area contributed by atoms with E-state index in [1.54, 1.807) is 18.2 Å². The van der Waals surface area contributed by atoms with Crippen LogP contribution in [0.1, 0.15) is 12.8 Å². The van der Waals surface area contributed by atoms with Gasteiger partial charge in [0, 0.05) is 32.2 Å². The molecule has 0 aliphatic heterocycles. The van der Waals surface area contributed by atoms with Crippen molar-refractivity contribution in [2.75, 3.05) is 25.0 Å². The zero-order chi connectivity index (χ0) is 14.1. The van der Waals surface area contributed by atoms with Crippen LogP contribution < -0.4 is 10.6 Å². The zero-order valence-electron chi connectivity index (χ0n) is 10.5. The molecule has 0 atom stereocenters. The Labute approximate surface area is 110 Å². The summed E-state index contributed by atoms with van der Waals surface area (Å²) in [6.45, 7) is 0.783. The number of nitrogens with zero attached hydrogens (tertiary/aromatic N) is 1. The summed E-state index contributed by atoms with van der Waals surface area (Å²) in [5, 5.41) is 24.8. The van der Waals surface area contributed by atoms with Crippen molar-refractivity contribution >= 4 is 17.3 Å². The summed E-state index contributed by atoms with van der Waals surface area (Å²) in [6, 6.07) is 6.28. The normalized spacial score (nSPS) is 9.95. The Kier molecular flexibility index (Phi) is 6.31. The predicted octanol–water partition coefficient (Wildman–Crippen LogP) is 0.895. The Morgan fingerprint density at radius 1 is 1.32 bits per heavy atom. The number of rotatable bonds is 8. The van der Waals surface area contributed by atoms with E-state index in [9.17, 15) is 14.9 Å². The molecule has 0 saturated carbocycles. The molecular formula is C12H17N3O4. The van der Waals surface area contributed by atoms with E-state index in [0.29, 0.717) is 25.2 Å². The average molecular weight is 267 g/mol. The minimum atomic E-state index is -0.469. The van der Waals surface area contributed by atoms with Gasteiger partial charge in [-0.05, 0) is 12.5 Å². The van der Waals surface area contributed by atoms with Gasteiger partial charge in [-0.2, -0.15) is 0 Å². The van der Waals surface area contributed by atoms with E-state index in [-0.39, 0.29) is 24.6 Å². The van der Waals surface area contributed by atoms with Gasteiger partial charge in [-0.3, -0.25) is 14.9 Å². The summed E-state index contributed by atoms with van der Waals surface area (Å²) in [4.78, 5) is 21.6. The van der Waals surface area contributed by atoms with E-state index in [1.807, 2.05) is 0 Å². The first-order valence-corrected chi connectivity index (χ1v) is 6.00. The molecule has 3 N–H and O–H groups in total. The molecule has 0 bridgehead atoms. The molecule has 104 valence electrons. The molecule has 1 rings (SSSR count). The van der Waals surface area contributed by atoms with E-state index < -0.39 is 4.92 Å². The Morgan fingerprint density at radius 3 is 2.74 bits per heavy atom. The van der Waals surface area contributed by atoms with Gasteiger partial charge in [-0.25, -0.2) is 0 Å². The number of hydrogen-bond donors (Lipinski definition) is 3. The van der Waals surface area contributed by atoms with Crippen molar-refractivity contribution in [3.8, 4) is 0 Å². The van der Waals surface area contributed by atoms with Crippen LogP contribution in [0.2, 0.25) is 0 Å². The van der Waals surface area contributed by atoms with Crippen LogP contribution in [0.5, 0.6) is 0 Å². The molecule has 1 aromatic carbocycles. The molecule has 0 fully saturated rings. The second-order valence-electron chi connectivity index (χ2n) is 3.88. The first-order valence-electron chi connectivity index (χ1n) is 6.00. The van der Waals surface area contributed by atoms with Crippen LogP contribution in [0.3, 0.4) is 0 Å². The molecule has 0 aliphatic rings. The van der Waals surface area contributed by atoms with Gasteiger partial charge in [-0.15, -0.1) is 0 Å².